The van der Waals surface area contributed by atoms with Crippen LogP contribution in [0.5, 0.6) is 5.75 Å². The number of aromatic hydroxyl groups is 1. The number of halogens is 1. The Hall–Kier alpha value is -1.26. The van der Waals surface area contributed by atoms with Gasteiger partial charge < -0.3 is 10.0 Å². The fourth-order valence-corrected chi connectivity index (χ4v) is 2.44. The number of likely N-dealkylation sites (N-methyl/N-ethyl adjacent to an activating group) is 1. The van der Waals surface area contributed by atoms with Gasteiger partial charge in [-0.1, -0.05) is 11.6 Å². The number of phenolic OH excluding ortho intramolecular Hbond substituents is 1. The van der Waals surface area contributed by atoms with Crippen LogP contribution in [-0.2, 0) is 0 Å². The van der Waals surface area contributed by atoms with E-state index in [1.807, 2.05) is 0 Å². The Labute approximate surface area is 118 Å². The SMILES string of the molecule is CN1CCN(C(=O)c2ccc(Cl)cc2O)CC1(C)C. The standard InChI is InChI=1S/C14H19ClN2O2/c1-14(2)9-17(7-6-16(14)3)13(19)11-5-4-10(15)8-12(11)18/h4-5,8,18H,6-7,9H2,1-3H3. The Balaban J connectivity index is 2.21. The van der Waals surface area contributed by atoms with Gasteiger partial charge in [-0.3, -0.25) is 9.69 Å². The molecule has 19 heavy (non-hydrogen) atoms. The number of hydrogen-bond donors (Lipinski definition) is 1. The van der Waals surface area contributed by atoms with E-state index in [-0.39, 0.29) is 17.2 Å². The number of carbonyl (C=O) groups excluding carboxylic acids is 1. The summed E-state index contributed by atoms with van der Waals surface area (Å²) in [4.78, 5) is 16.4. The summed E-state index contributed by atoms with van der Waals surface area (Å²) >= 11 is 5.78. The molecule has 0 saturated carbocycles. The second kappa shape index (κ2) is 5.02. The highest BCUT2D eigenvalue weighted by Crippen LogP contribution is 2.26. The van der Waals surface area contributed by atoms with Crippen molar-refractivity contribution in [1.82, 2.24) is 9.80 Å². The zero-order valence-corrected chi connectivity index (χ0v) is 12.2. The number of benzene rings is 1. The Morgan fingerprint density at radius 1 is 1.37 bits per heavy atom. The summed E-state index contributed by atoms with van der Waals surface area (Å²) in [6, 6.07) is 4.59. The molecular formula is C14H19ClN2O2. The van der Waals surface area contributed by atoms with Crippen LogP contribution in [0.3, 0.4) is 0 Å². The number of piperazine rings is 1. The first-order chi connectivity index (χ1) is 8.81. The zero-order chi connectivity index (χ0) is 14.2. The highest BCUT2D eigenvalue weighted by Gasteiger charge is 2.34. The Bertz CT molecular complexity index is 502. The van der Waals surface area contributed by atoms with Crippen LogP contribution in [0, 0.1) is 0 Å². The molecule has 0 atom stereocenters. The summed E-state index contributed by atoms with van der Waals surface area (Å²) in [5.41, 5.74) is 0.250. The fourth-order valence-electron chi connectivity index (χ4n) is 2.27. The van der Waals surface area contributed by atoms with E-state index in [0.29, 0.717) is 23.7 Å². The minimum Gasteiger partial charge on any atom is -0.507 e. The molecule has 1 fully saturated rings. The molecule has 0 unspecified atom stereocenters. The summed E-state index contributed by atoms with van der Waals surface area (Å²) in [7, 11) is 2.06. The minimum atomic E-state index is -0.143. The van der Waals surface area contributed by atoms with Crippen molar-refractivity contribution in [2.24, 2.45) is 0 Å². The van der Waals surface area contributed by atoms with Gasteiger partial charge in [-0.25, -0.2) is 0 Å². The first-order valence-corrected chi connectivity index (χ1v) is 6.68. The third-order valence-electron chi connectivity index (χ3n) is 3.79. The van der Waals surface area contributed by atoms with Crippen LogP contribution < -0.4 is 0 Å². The normalized spacial score (nSPS) is 19.5. The smallest absolute Gasteiger partial charge is 0.257 e. The van der Waals surface area contributed by atoms with Gasteiger partial charge in [0.05, 0.1) is 5.56 Å². The van der Waals surface area contributed by atoms with E-state index in [1.54, 1.807) is 17.0 Å². The van der Waals surface area contributed by atoms with Crippen LogP contribution >= 0.6 is 11.6 Å². The summed E-state index contributed by atoms with van der Waals surface area (Å²) in [6.45, 7) is 6.35. The van der Waals surface area contributed by atoms with Crippen molar-refractivity contribution in [3.8, 4) is 5.75 Å². The maximum atomic E-state index is 12.4. The van der Waals surface area contributed by atoms with E-state index in [1.165, 1.54) is 6.07 Å². The molecule has 1 aromatic rings. The molecule has 0 radical (unpaired) electrons. The van der Waals surface area contributed by atoms with E-state index in [0.717, 1.165) is 6.54 Å². The minimum absolute atomic E-state index is 0.0596. The molecule has 1 aliphatic rings. The lowest BCUT2D eigenvalue weighted by Gasteiger charge is -2.45. The quantitative estimate of drug-likeness (QED) is 0.859. The van der Waals surface area contributed by atoms with Crippen LogP contribution in [0.2, 0.25) is 5.02 Å². The van der Waals surface area contributed by atoms with Gasteiger partial charge in [-0.05, 0) is 39.1 Å². The molecule has 2 rings (SSSR count). The van der Waals surface area contributed by atoms with Crippen LogP contribution in [0.1, 0.15) is 24.2 Å². The molecule has 4 nitrogen and oxygen atoms in total. The molecule has 0 aromatic heterocycles. The van der Waals surface area contributed by atoms with Crippen LogP contribution in [0.4, 0.5) is 0 Å². The third-order valence-corrected chi connectivity index (χ3v) is 4.03. The van der Waals surface area contributed by atoms with Crippen molar-refractivity contribution >= 4 is 17.5 Å². The zero-order valence-electron chi connectivity index (χ0n) is 11.5. The molecule has 1 heterocycles. The monoisotopic (exact) mass is 282 g/mol. The lowest BCUT2D eigenvalue weighted by molar-refractivity contribution is 0.0309. The van der Waals surface area contributed by atoms with Crippen molar-refractivity contribution in [3.05, 3.63) is 28.8 Å². The molecule has 0 spiro atoms. The van der Waals surface area contributed by atoms with Crippen molar-refractivity contribution in [1.29, 1.82) is 0 Å². The van der Waals surface area contributed by atoms with Gasteiger partial charge in [0.2, 0.25) is 0 Å². The molecule has 104 valence electrons. The van der Waals surface area contributed by atoms with E-state index in [9.17, 15) is 9.90 Å². The first kappa shape index (κ1) is 14.2. The van der Waals surface area contributed by atoms with Crippen molar-refractivity contribution < 1.29 is 9.90 Å². The molecule has 1 amide bonds. The molecular weight excluding hydrogens is 264 g/mol. The predicted molar refractivity (Wildman–Crippen MR) is 75.7 cm³/mol. The van der Waals surface area contributed by atoms with Crippen LogP contribution in [0.15, 0.2) is 18.2 Å². The molecule has 5 heteroatoms. The van der Waals surface area contributed by atoms with Crippen molar-refractivity contribution in [3.63, 3.8) is 0 Å². The Morgan fingerprint density at radius 2 is 2.05 bits per heavy atom. The number of rotatable bonds is 1. The number of carbonyl (C=O) groups is 1. The maximum Gasteiger partial charge on any atom is 0.257 e. The third kappa shape index (κ3) is 2.85. The topological polar surface area (TPSA) is 43.8 Å². The van der Waals surface area contributed by atoms with Gasteiger partial charge in [0.1, 0.15) is 5.75 Å². The van der Waals surface area contributed by atoms with Crippen molar-refractivity contribution in [2.45, 2.75) is 19.4 Å². The molecule has 0 aliphatic carbocycles. The predicted octanol–water partition coefficient (Wildman–Crippen LogP) is 2.21. The first-order valence-electron chi connectivity index (χ1n) is 6.30. The highest BCUT2D eigenvalue weighted by atomic mass is 35.5. The van der Waals surface area contributed by atoms with Gasteiger partial charge in [-0.2, -0.15) is 0 Å². The average Bonchev–Trinajstić information content (AvgIpc) is 2.32. The van der Waals surface area contributed by atoms with E-state index >= 15 is 0 Å². The van der Waals surface area contributed by atoms with Gasteiger partial charge in [0.15, 0.2) is 0 Å². The highest BCUT2D eigenvalue weighted by molar-refractivity contribution is 6.30. The Kier molecular flexibility index (Phi) is 3.74. The molecule has 1 saturated heterocycles. The summed E-state index contributed by atoms with van der Waals surface area (Å²) < 4.78 is 0. The molecule has 1 N–H and O–H groups in total. The summed E-state index contributed by atoms with van der Waals surface area (Å²) in [5.74, 6) is -0.204. The molecule has 0 bridgehead atoms. The van der Waals surface area contributed by atoms with Crippen LogP contribution in [-0.4, -0.2) is 53.0 Å². The summed E-state index contributed by atoms with van der Waals surface area (Å²) in [5, 5.41) is 10.3. The van der Waals surface area contributed by atoms with Crippen LogP contribution in [0.25, 0.3) is 0 Å². The van der Waals surface area contributed by atoms with Crippen molar-refractivity contribution in [2.75, 3.05) is 26.7 Å². The van der Waals surface area contributed by atoms with E-state index in [2.05, 4.69) is 25.8 Å². The molecule has 1 aromatic carbocycles. The van der Waals surface area contributed by atoms with E-state index < -0.39 is 0 Å². The van der Waals surface area contributed by atoms with Gasteiger partial charge in [0.25, 0.3) is 5.91 Å². The lowest BCUT2D eigenvalue weighted by atomic mass is 9.99. The van der Waals surface area contributed by atoms with Gasteiger partial charge >= 0.3 is 0 Å². The second-order valence-corrected chi connectivity index (χ2v) is 6.06. The fraction of sp³-hybridized carbons (Fsp3) is 0.500. The second-order valence-electron chi connectivity index (χ2n) is 5.62. The average molecular weight is 283 g/mol. The lowest BCUT2D eigenvalue weighted by Crippen LogP contribution is -2.58. The Morgan fingerprint density at radius 3 is 2.63 bits per heavy atom. The van der Waals surface area contributed by atoms with E-state index in [4.69, 9.17) is 11.6 Å². The maximum absolute atomic E-state index is 12.4. The van der Waals surface area contributed by atoms with Gasteiger partial charge in [-0.15, -0.1) is 0 Å². The molecule has 1 aliphatic heterocycles. The number of phenols is 1. The summed E-state index contributed by atoms with van der Waals surface area (Å²) in [6.07, 6.45) is 0. The van der Waals surface area contributed by atoms with Gasteiger partial charge in [0, 0.05) is 30.2 Å². The number of nitrogens with zero attached hydrogens (tertiary/aromatic N) is 2. The number of hydrogen-bond acceptors (Lipinski definition) is 3. The number of amides is 1. The largest absolute Gasteiger partial charge is 0.507 e.